The molecule has 16 heavy (non-hydrogen) atoms. The van der Waals surface area contributed by atoms with Gasteiger partial charge < -0.3 is 18.0 Å². The number of hydrogen-bond donors (Lipinski definition) is 0. The van der Waals surface area contributed by atoms with E-state index in [1.54, 1.807) is 28.3 Å². The Kier molecular flexibility index (Phi) is 8.09. The molecule has 1 rings (SSSR count). The fraction of sp³-hybridized carbons (Fsp3) is 0.700. The molecule has 0 aromatic rings. The first-order valence-electron chi connectivity index (χ1n) is 5.00. The molecular formula is C10H20O5Si. The lowest BCUT2D eigenvalue weighted by molar-refractivity contribution is -0.140. The van der Waals surface area contributed by atoms with Crippen LogP contribution in [0.5, 0.6) is 0 Å². The third-order valence-corrected chi connectivity index (χ3v) is 2.88. The zero-order valence-electron chi connectivity index (χ0n) is 10.3. The predicted molar refractivity (Wildman–Crippen MR) is 62.1 cm³/mol. The molecule has 0 heterocycles. The van der Waals surface area contributed by atoms with Crippen LogP contribution in [0.3, 0.4) is 0 Å². The van der Waals surface area contributed by atoms with E-state index < -0.39 is 9.53 Å². The number of rotatable bonds is 5. The summed E-state index contributed by atoms with van der Waals surface area (Å²) in [6.45, 7) is 5.12. The topological polar surface area (TPSA) is 54.0 Å². The second-order valence-corrected chi connectivity index (χ2v) is 5.37. The molecule has 0 unspecified atom stereocenters. The summed E-state index contributed by atoms with van der Waals surface area (Å²) in [6, 6.07) is 0. The number of hydrogen-bond acceptors (Lipinski definition) is 5. The largest absolute Gasteiger partial charge is 0.483 e. The molecule has 0 aliphatic heterocycles. The van der Waals surface area contributed by atoms with Crippen LogP contribution in [0.25, 0.3) is 0 Å². The van der Waals surface area contributed by atoms with Gasteiger partial charge in [0.25, 0.3) is 0 Å². The Hall–Kier alpha value is -0.693. The highest BCUT2D eigenvalue weighted by molar-refractivity contribution is 6.36. The van der Waals surface area contributed by atoms with E-state index in [1.165, 1.54) is 0 Å². The van der Waals surface area contributed by atoms with Crippen LogP contribution < -0.4 is 0 Å². The molecule has 0 radical (unpaired) electrons. The number of carbonyl (C=O) groups is 1. The molecule has 0 N–H and O–H groups in total. The van der Waals surface area contributed by atoms with Crippen LogP contribution in [-0.2, 0) is 22.8 Å². The minimum Gasteiger partial charge on any atom is -0.459 e. The van der Waals surface area contributed by atoms with E-state index in [-0.39, 0.29) is 12.1 Å². The van der Waals surface area contributed by atoms with Gasteiger partial charge in [-0.15, -0.1) is 0 Å². The average Bonchev–Trinajstić information content (AvgIpc) is 3.05. The molecule has 0 spiro atoms. The molecule has 0 saturated heterocycles. The fourth-order valence-electron chi connectivity index (χ4n) is 0.727. The number of carbonyl (C=O) groups excluding carboxylic acids is 1. The second-order valence-electron chi connectivity index (χ2n) is 3.38. The number of esters is 1. The van der Waals surface area contributed by atoms with Crippen LogP contribution in [0, 0.1) is 0 Å². The molecule has 0 aromatic carbocycles. The minimum absolute atomic E-state index is 0.203. The SMILES string of the molecule is C=C(C)C(=O)OC1CC1.CO[SiH](OC)OC. The highest BCUT2D eigenvalue weighted by atomic mass is 28.3. The van der Waals surface area contributed by atoms with Crippen LogP contribution in [0.1, 0.15) is 19.8 Å². The summed E-state index contributed by atoms with van der Waals surface area (Å²) in [5.74, 6) is -0.252. The average molecular weight is 248 g/mol. The lowest BCUT2D eigenvalue weighted by Gasteiger charge is -2.05. The Balaban J connectivity index is 0.000000293. The van der Waals surface area contributed by atoms with Crippen molar-refractivity contribution in [3.8, 4) is 0 Å². The first kappa shape index (κ1) is 15.3. The maximum absolute atomic E-state index is 10.7. The van der Waals surface area contributed by atoms with E-state index in [1.807, 2.05) is 0 Å². The van der Waals surface area contributed by atoms with Crippen molar-refractivity contribution in [2.24, 2.45) is 0 Å². The Labute approximate surface area is 98.3 Å². The van der Waals surface area contributed by atoms with Crippen LogP contribution in [0.2, 0.25) is 0 Å². The molecule has 5 nitrogen and oxygen atoms in total. The summed E-state index contributed by atoms with van der Waals surface area (Å²) in [5, 5.41) is 0. The van der Waals surface area contributed by atoms with Crippen molar-refractivity contribution in [1.29, 1.82) is 0 Å². The van der Waals surface area contributed by atoms with Crippen molar-refractivity contribution >= 4 is 15.5 Å². The zero-order valence-corrected chi connectivity index (χ0v) is 11.5. The van der Waals surface area contributed by atoms with Gasteiger partial charge in [-0.05, 0) is 19.8 Å². The van der Waals surface area contributed by atoms with E-state index in [9.17, 15) is 4.79 Å². The van der Waals surface area contributed by atoms with Crippen molar-refractivity contribution in [2.45, 2.75) is 25.9 Å². The zero-order chi connectivity index (χ0) is 12.6. The maximum Gasteiger partial charge on any atom is 0.483 e. The molecule has 1 aliphatic carbocycles. The van der Waals surface area contributed by atoms with Gasteiger partial charge in [0, 0.05) is 26.9 Å². The first-order valence-corrected chi connectivity index (χ1v) is 6.41. The van der Waals surface area contributed by atoms with Crippen LogP contribution >= 0.6 is 0 Å². The Morgan fingerprint density at radius 2 is 1.62 bits per heavy atom. The van der Waals surface area contributed by atoms with Crippen molar-refractivity contribution in [2.75, 3.05) is 21.3 Å². The van der Waals surface area contributed by atoms with Crippen molar-refractivity contribution in [1.82, 2.24) is 0 Å². The van der Waals surface area contributed by atoms with Crippen molar-refractivity contribution in [3.63, 3.8) is 0 Å². The quantitative estimate of drug-likeness (QED) is 0.411. The summed E-state index contributed by atoms with van der Waals surface area (Å²) >= 11 is 0. The third-order valence-electron chi connectivity index (χ3n) is 1.72. The Morgan fingerprint density at radius 3 is 1.81 bits per heavy atom. The van der Waals surface area contributed by atoms with E-state index in [0.29, 0.717) is 5.57 Å². The van der Waals surface area contributed by atoms with E-state index in [2.05, 4.69) is 6.58 Å². The van der Waals surface area contributed by atoms with Gasteiger partial charge in [0.15, 0.2) is 0 Å². The summed E-state index contributed by atoms with van der Waals surface area (Å²) in [5.41, 5.74) is 0.488. The van der Waals surface area contributed by atoms with Crippen LogP contribution in [-0.4, -0.2) is 42.9 Å². The standard InChI is InChI=1S/C7H10O2.C3H10O3Si/c1-5(2)7(8)9-6-3-4-6;1-4-7(5-2)6-3/h6H,1,3-4H2,2H3;7H,1-3H3. The van der Waals surface area contributed by atoms with Crippen LogP contribution in [0.4, 0.5) is 0 Å². The van der Waals surface area contributed by atoms with Gasteiger partial charge in [0.1, 0.15) is 6.10 Å². The van der Waals surface area contributed by atoms with Gasteiger partial charge >= 0.3 is 15.5 Å². The van der Waals surface area contributed by atoms with Gasteiger partial charge in [0.05, 0.1) is 0 Å². The molecule has 1 fully saturated rings. The summed E-state index contributed by atoms with van der Waals surface area (Å²) < 4.78 is 19.1. The summed E-state index contributed by atoms with van der Waals surface area (Å²) in [7, 11) is 3.05. The second kappa shape index (κ2) is 8.46. The third kappa shape index (κ3) is 7.58. The minimum atomic E-state index is -1.67. The molecule has 0 bridgehead atoms. The molecule has 1 saturated carbocycles. The summed E-state index contributed by atoms with van der Waals surface area (Å²) in [4.78, 5) is 10.7. The molecule has 6 heteroatoms. The lowest BCUT2D eigenvalue weighted by Crippen LogP contribution is -2.21. The van der Waals surface area contributed by atoms with Crippen molar-refractivity contribution in [3.05, 3.63) is 12.2 Å². The monoisotopic (exact) mass is 248 g/mol. The smallest absolute Gasteiger partial charge is 0.459 e. The van der Waals surface area contributed by atoms with Gasteiger partial charge in [0.2, 0.25) is 0 Å². The van der Waals surface area contributed by atoms with Gasteiger partial charge in [-0.25, -0.2) is 4.79 Å². The number of ether oxygens (including phenoxy) is 1. The molecule has 94 valence electrons. The highest BCUT2D eigenvalue weighted by Gasteiger charge is 2.25. The van der Waals surface area contributed by atoms with Crippen LogP contribution in [0.15, 0.2) is 12.2 Å². The highest BCUT2D eigenvalue weighted by Crippen LogP contribution is 2.24. The van der Waals surface area contributed by atoms with Gasteiger partial charge in [-0.2, -0.15) is 0 Å². The summed E-state index contributed by atoms with van der Waals surface area (Å²) in [6.07, 6.45) is 2.26. The van der Waals surface area contributed by atoms with Gasteiger partial charge in [-0.3, -0.25) is 0 Å². The van der Waals surface area contributed by atoms with E-state index >= 15 is 0 Å². The van der Waals surface area contributed by atoms with E-state index in [4.69, 9.17) is 18.0 Å². The predicted octanol–water partition coefficient (Wildman–Crippen LogP) is 0.911. The van der Waals surface area contributed by atoms with Crippen molar-refractivity contribution < 1.29 is 22.8 Å². The van der Waals surface area contributed by atoms with Gasteiger partial charge in [-0.1, -0.05) is 6.58 Å². The van der Waals surface area contributed by atoms with E-state index in [0.717, 1.165) is 12.8 Å². The first-order chi connectivity index (χ1) is 7.54. The Bertz CT molecular complexity index is 218. The molecule has 1 aliphatic rings. The lowest BCUT2D eigenvalue weighted by atomic mass is 10.4. The fourth-order valence-corrected chi connectivity index (χ4v) is 1.30. The maximum atomic E-state index is 10.7. The normalized spacial score (nSPS) is 14.1. The molecular weight excluding hydrogens is 228 g/mol. The molecule has 0 atom stereocenters. The molecule has 0 aromatic heterocycles. The Morgan fingerprint density at radius 1 is 1.19 bits per heavy atom. The molecule has 0 amide bonds.